The van der Waals surface area contributed by atoms with Gasteiger partial charge in [0.25, 0.3) is 0 Å². The van der Waals surface area contributed by atoms with E-state index in [2.05, 4.69) is 37.4 Å². The number of hydrogen-bond acceptors (Lipinski definition) is 2. The van der Waals surface area contributed by atoms with Crippen LogP contribution in [0.5, 0.6) is 5.75 Å². The molecule has 0 unspecified atom stereocenters. The van der Waals surface area contributed by atoms with Crippen molar-refractivity contribution in [2.75, 3.05) is 0 Å². The molecule has 0 spiro atoms. The molecule has 0 aliphatic rings. The van der Waals surface area contributed by atoms with Crippen molar-refractivity contribution in [1.82, 2.24) is 0 Å². The maximum absolute atomic E-state index is 12.0. The standard InChI is InChI=1S/C27H24O2/c1-19(2)22-10-12-25(13-11-22)24-8-5-21(6-9-24)7-18-27(28)29-26-16-14-23(15-17-26)20(3)4/h5-18H,1,3H2,2,4H3/b18-7+. The van der Waals surface area contributed by atoms with Crippen molar-refractivity contribution in [3.05, 3.63) is 109 Å². The summed E-state index contributed by atoms with van der Waals surface area (Å²) < 4.78 is 5.33. The fourth-order valence-corrected chi connectivity index (χ4v) is 2.86. The lowest BCUT2D eigenvalue weighted by molar-refractivity contribution is -0.128. The molecule has 0 radical (unpaired) electrons. The number of hydrogen-bond donors (Lipinski definition) is 0. The van der Waals surface area contributed by atoms with E-state index in [1.54, 1.807) is 18.2 Å². The molecule has 0 N–H and O–H groups in total. The minimum Gasteiger partial charge on any atom is -0.423 e. The van der Waals surface area contributed by atoms with Crippen molar-refractivity contribution in [3.63, 3.8) is 0 Å². The highest BCUT2D eigenvalue weighted by atomic mass is 16.5. The van der Waals surface area contributed by atoms with E-state index in [9.17, 15) is 4.79 Å². The Balaban J connectivity index is 1.62. The third kappa shape index (κ3) is 5.43. The summed E-state index contributed by atoms with van der Waals surface area (Å²) in [5.74, 6) is 0.103. The van der Waals surface area contributed by atoms with E-state index < -0.39 is 5.97 Å². The molecule has 0 atom stereocenters. The van der Waals surface area contributed by atoms with Crippen LogP contribution in [-0.4, -0.2) is 5.97 Å². The van der Waals surface area contributed by atoms with Crippen LogP contribution in [-0.2, 0) is 4.79 Å². The van der Waals surface area contributed by atoms with E-state index in [0.717, 1.165) is 39.0 Å². The summed E-state index contributed by atoms with van der Waals surface area (Å²) in [7, 11) is 0. The summed E-state index contributed by atoms with van der Waals surface area (Å²) in [6.07, 6.45) is 3.18. The number of carbonyl (C=O) groups excluding carboxylic acids is 1. The van der Waals surface area contributed by atoms with Crippen LogP contribution in [0.15, 0.2) is 92.0 Å². The summed E-state index contributed by atoms with van der Waals surface area (Å²) in [4.78, 5) is 12.0. The Morgan fingerprint density at radius 1 is 0.724 bits per heavy atom. The number of carbonyl (C=O) groups is 1. The van der Waals surface area contributed by atoms with E-state index in [1.165, 1.54) is 6.08 Å². The van der Waals surface area contributed by atoms with Crippen LogP contribution in [0.4, 0.5) is 0 Å². The van der Waals surface area contributed by atoms with Gasteiger partial charge in [-0.25, -0.2) is 4.79 Å². The second kappa shape index (κ2) is 9.03. The number of allylic oxidation sites excluding steroid dienone is 2. The normalized spacial score (nSPS) is 10.7. The molecule has 3 rings (SSSR count). The molecular weight excluding hydrogens is 356 g/mol. The first-order chi connectivity index (χ1) is 13.9. The van der Waals surface area contributed by atoms with Crippen LogP contribution >= 0.6 is 0 Å². The molecule has 0 saturated heterocycles. The predicted molar refractivity (Wildman–Crippen MR) is 122 cm³/mol. The quantitative estimate of drug-likeness (QED) is 0.260. The maximum atomic E-state index is 12.0. The molecule has 2 nitrogen and oxygen atoms in total. The van der Waals surface area contributed by atoms with Crippen LogP contribution in [0.3, 0.4) is 0 Å². The molecule has 0 heterocycles. The summed E-state index contributed by atoms with van der Waals surface area (Å²) >= 11 is 0. The molecule has 0 aromatic heterocycles. The van der Waals surface area contributed by atoms with Gasteiger partial charge >= 0.3 is 5.97 Å². The van der Waals surface area contributed by atoms with Crippen LogP contribution in [0.2, 0.25) is 0 Å². The topological polar surface area (TPSA) is 26.3 Å². The van der Waals surface area contributed by atoms with E-state index in [-0.39, 0.29) is 0 Å². The van der Waals surface area contributed by atoms with Crippen LogP contribution in [0.1, 0.15) is 30.5 Å². The fourth-order valence-electron chi connectivity index (χ4n) is 2.86. The number of ether oxygens (including phenoxy) is 1. The third-order valence-corrected chi connectivity index (χ3v) is 4.60. The largest absolute Gasteiger partial charge is 0.423 e. The molecule has 3 aromatic rings. The van der Waals surface area contributed by atoms with Gasteiger partial charge in [-0.2, -0.15) is 0 Å². The Morgan fingerprint density at radius 2 is 1.17 bits per heavy atom. The highest BCUT2D eigenvalue weighted by molar-refractivity contribution is 5.88. The molecule has 29 heavy (non-hydrogen) atoms. The molecule has 0 bridgehead atoms. The van der Waals surface area contributed by atoms with Crippen LogP contribution in [0.25, 0.3) is 28.3 Å². The zero-order valence-corrected chi connectivity index (χ0v) is 16.8. The molecule has 0 amide bonds. The first kappa shape index (κ1) is 20.1. The van der Waals surface area contributed by atoms with Crippen LogP contribution < -0.4 is 4.74 Å². The first-order valence-corrected chi connectivity index (χ1v) is 9.44. The van der Waals surface area contributed by atoms with Crippen molar-refractivity contribution < 1.29 is 9.53 Å². The Morgan fingerprint density at radius 3 is 1.66 bits per heavy atom. The summed E-state index contributed by atoms with van der Waals surface area (Å²) in [5.41, 5.74) is 7.38. The number of rotatable bonds is 6. The van der Waals surface area contributed by atoms with E-state index in [1.807, 2.05) is 50.2 Å². The van der Waals surface area contributed by atoms with Gasteiger partial charge in [0.1, 0.15) is 5.75 Å². The SMILES string of the molecule is C=C(C)c1ccc(OC(=O)/C=C/c2ccc(-c3ccc(C(=C)C)cc3)cc2)cc1. The van der Waals surface area contributed by atoms with Gasteiger partial charge in [0.2, 0.25) is 0 Å². The van der Waals surface area contributed by atoms with Gasteiger partial charge in [0, 0.05) is 6.08 Å². The number of benzene rings is 3. The number of esters is 1. The van der Waals surface area contributed by atoms with Crippen molar-refractivity contribution >= 4 is 23.2 Å². The van der Waals surface area contributed by atoms with Gasteiger partial charge in [-0.05, 0) is 59.9 Å². The van der Waals surface area contributed by atoms with E-state index in [0.29, 0.717) is 5.75 Å². The van der Waals surface area contributed by atoms with Crippen molar-refractivity contribution in [2.24, 2.45) is 0 Å². The van der Waals surface area contributed by atoms with E-state index >= 15 is 0 Å². The molecule has 2 heteroatoms. The molecular formula is C27H24O2. The van der Waals surface area contributed by atoms with Gasteiger partial charge in [-0.1, -0.05) is 85.0 Å². The van der Waals surface area contributed by atoms with Crippen LogP contribution in [0, 0.1) is 0 Å². The van der Waals surface area contributed by atoms with Gasteiger partial charge in [-0.3, -0.25) is 0 Å². The van der Waals surface area contributed by atoms with Gasteiger partial charge in [0.05, 0.1) is 0 Å². The van der Waals surface area contributed by atoms with Crippen molar-refractivity contribution in [1.29, 1.82) is 0 Å². The molecule has 0 aliphatic carbocycles. The summed E-state index contributed by atoms with van der Waals surface area (Å²) in [6, 6.07) is 23.7. The lowest BCUT2D eigenvalue weighted by Crippen LogP contribution is -2.03. The summed E-state index contributed by atoms with van der Waals surface area (Å²) in [5, 5.41) is 0. The average molecular weight is 380 g/mol. The highest BCUT2D eigenvalue weighted by Crippen LogP contribution is 2.23. The predicted octanol–water partition coefficient (Wildman–Crippen LogP) is 7.04. The Labute approximate surface area is 172 Å². The Bertz CT molecular complexity index is 1050. The Kier molecular flexibility index (Phi) is 6.25. The zero-order valence-electron chi connectivity index (χ0n) is 16.8. The second-order valence-electron chi connectivity index (χ2n) is 7.04. The Hall–Kier alpha value is -3.65. The molecule has 0 fully saturated rings. The average Bonchev–Trinajstić information content (AvgIpc) is 2.73. The molecule has 0 saturated carbocycles. The monoisotopic (exact) mass is 380 g/mol. The summed E-state index contributed by atoms with van der Waals surface area (Å²) in [6.45, 7) is 11.8. The smallest absolute Gasteiger partial charge is 0.336 e. The maximum Gasteiger partial charge on any atom is 0.336 e. The third-order valence-electron chi connectivity index (χ3n) is 4.60. The molecule has 0 aliphatic heterocycles. The zero-order chi connectivity index (χ0) is 20.8. The van der Waals surface area contributed by atoms with Crippen molar-refractivity contribution in [2.45, 2.75) is 13.8 Å². The van der Waals surface area contributed by atoms with Gasteiger partial charge in [0.15, 0.2) is 0 Å². The van der Waals surface area contributed by atoms with E-state index in [4.69, 9.17) is 4.74 Å². The van der Waals surface area contributed by atoms with Gasteiger partial charge < -0.3 is 4.74 Å². The van der Waals surface area contributed by atoms with Gasteiger partial charge in [-0.15, -0.1) is 0 Å². The lowest BCUT2D eigenvalue weighted by atomic mass is 10.0. The minimum absolute atomic E-state index is 0.410. The lowest BCUT2D eigenvalue weighted by Gasteiger charge is -2.05. The molecule has 3 aromatic carbocycles. The van der Waals surface area contributed by atoms with Crippen molar-refractivity contribution in [3.8, 4) is 16.9 Å². The first-order valence-electron chi connectivity index (χ1n) is 9.44. The minimum atomic E-state index is -0.410. The molecule has 144 valence electrons. The second-order valence-corrected chi connectivity index (χ2v) is 7.04. The highest BCUT2D eigenvalue weighted by Gasteiger charge is 2.02. The fraction of sp³-hybridized carbons (Fsp3) is 0.0741.